The summed E-state index contributed by atoms with van der Waals surface area (Å²) in [6.45, 7) is 4.41. The molecule has 0 saturated carbocycles. The van der Waals surface area contributed by atoms with E-state index in [1.54, 1.807) is 6.07 Å². The molecule has 1 aliphatic rings. The Morgan fingerprint density at radius 2 is 1.94 bits per heavy atom. The molecule has 17 heavy (non-hydrogen) atoms. The quantitative estimate of drug-likeness (QED) is 0.882. The minimum Gasteiger partial charge on any atom is -0.486 e. The summed E-state index contributed by atoms with van der Waals surface area (Å²) in [4.78, 5) is 11.0. The first-order valence-corrected chi connectivity index (χ1v) is 5.82. The van der Waals surface area contributed by atoms with Gasteiger partial charge < -0.3 is 14.8 Å². The fourth-order valence-electron chi connectivity index (χ4n) is 1.79. The number of hydrogen-bond acceptors (Lipinski definition) is 3. The molecule has 0 radical (unpaired) electrons. The van der Waals surface area contributed by atoms with E-state index in [1.807, 2.05) is 13.0 Å². The van der Waals surface area contributed by atoms with Gasteiger partial charge >= 0.3 is 0 Å². The maximum Gasteiger partial charge on any atom is 0.217 e. The van der Waals surface area contributed by atoms with Crippen molar-refractivity contribution >= 4 is 17.5 Å². The van der Waals surface area contributed by atoms with Crippen molar-refractivity contribution in [3.05, 3.63) is 22.7 Å². The summed E-state index contributed by atoms with van der Waals surface area (Å²) < 4.78 is 10.9. The lowest BCUT2D eigenvalue weighted by atomic mass is 10.1. The van der Waals surface area contributed by atoms with Gasteiger partial charge in [-0.3, -0.25) is 4.79 Å². The second-order valence-electron chi connectivity index (χ2n) is 3.94. The molecule has 1 aromatic rings. The van der Waals surface area contributed by atoms with Crippen LogP contribution < -0.4 is 14.8 Å². The summed E-state index contributed by atoms with van der Waals surface area (Å²) in [5.41, 5.74) is 0.825. The van der Waals surface area contributed by atoms with Crippen LogP contribution in [0.25, 0.3) is 0 Å². The molecule has 1 aromatic carbocycles. The van der Waals surface area contributed by atoms with E-state index in [2.05, 4.69) is 5.32 Å². The van der Waals surface area contributed by atoms with Crippen LogP contribution in [0.5, 0.6) is 11.5 Å². The molecule has 2 rings (SSSR count). The summed E-state index contributed by atoms with van der Waals surface area (Å²) in [6.07, 6.45) is 0. The smallest absolute Gasteiger partial charge is 0.217 e. The molecule has 5 heteroatoms. The van der Waals surface area contributed by atoms with Gasteiger partial charge in [-0.15, -0.1) is 0 Å². The number of hydrogen-bond donors (Lipinski definition) is 1. The van der Waals surface area contributed by atoms with Gasteiger partial charge in [0, 0.05) is 18.0 Å². The largest absolute Gasteiger partial charge is 0.486 e. The van der Waals surface area contributed by atoms with Gasteiger partial charge in [-0.25, -0.2) is 0 Å². The van der Waals surface area contributed by atoms with Crippen molar-refractivity contribution in [3.8, 4) is 11.5 Å². The van der Waals surface area contributed by atoms with E-state index in [0.29, 0.717) is 29.7 Å². The number of carbonyl (C=O) groups excluding carboxylic acids is 1. The van der Waals surface area contributed by atoms with Crippen LogP contribution in [0.1, 0.15) is 25.5 Å². The third-order valence-corrected chi connectivity index (χ3v) is 2.88. The molecule has 0 saturated heterocycles. The molecule has 0 fully saturated rings. The number of benzene rings is 1. The Morgan fingerprint density at radius 1 is 1.35 bits per heavy atom. The molecule has 1 heterocycles. The predicted octanol–water partition coefficient (Wildman–Crippen LogP) is 2.31. The Hall–Kier alpha value is -1.42. The summed E-state index contributed by atoms with van der Waals surface area (Å²) >= 11 is 6.15. The third-order valence-electron chi connectivity index (χ3n) is 2.55. The lowest BCUT2D eigenvalue weighted by molar-refractivity contribution is -0.119. The van der Waals surface area contributed by atoms with Crippen molar-refractivity contribution in [1.29, 1.82) is 0 Å². The summed E-state index contributed by atoms with van der Waals surface area (Å²) in [5, 5.41) is 3.35. The lowest BCUT2D eigenvalue weighted by Crippen LogP contribution is -2.24. The third kappa shape index (κ3) is 2.64. The van der Waals surface area contributed by atoms with Crippen LogP contribution >= 0.6 is 11.6 Å². The van der Waals surface area contributed by atoms with E-state index in [4.69, 9.17) is 21.1 Å². The molecule has 1 atom stereocenters. The van der Waals surface area contributed by atoms with E-state index in [1.165, 1.54) is 6.92 Å². The van der Waals surface area contributed by atoms with E-state index in [-0.39, 0.29) is 11.9 Å². The van der Waals surface area contributed by atoms with Crippen LogP contribution in [0.2, 0.25) is 5.02 Å². The van der Waals surface area contributed by atoms with Gasteiger partial charge in [0.1, 0.15) is 13.2 Å². The minimum absolute atomic E-state index is 0.0940. The van der Waals surface area contributed by atoms with Crippen molar-refractivity contribution < 1.29 is 14.3 Å². The molecule has 1 aliphatic heterocycles. The maximum absolute atomic E-state index is 11.0. The Morgan fingerprint density at radius 3 is 2.53 bits per heavy atom. The van der Waals surface area contributed by atoms with Gasteiger partial charge in [0.2, 0.25) is 5.91 Å². The Balaban J connectivity index is 2.31. The number of rotatable bonds is 2. The molecule has 0 unspecified atom stereocenters. The highest BCUT2D eigenvalue weighted by molar-refractivity contribution is 6.31. The minimum atomic E-state index is -0.157. The van der Waals surface area contributed by atoms with Crippen LogP contribution in [0.4, 0.5) is 0 Å². The van der Waals surface area contributed by atoms with Crippen LogP contribution in [0.3, 0.4) is 0 Å². The van der Waals surface area contributed by atoms with Gasteiger partial charge in [0.05, 0.1) is 6.04 Å². The molecule has 0 spiro atoms. The molecule has 0 aliphatic carbocycles. The van der Waals surface area contributed by atoms with Gasteiger partial charge in [0.15, 0.2) is 11.5 Å². The summed E-state index contributed by atoms with van der Waals surface area (Å²) in [7, 11) is 0. The second kappa shape index (κ2) is 4.84. The van der Waals surface area contributed by atoms with Crippen LogP contribution in [0, 0.1) is 0 Å². The number of halogens is 1. The molecule has 1 amide bonds. The molecule has 92 valence electrons. The first kappa shape index (κ1) is 12.0. The van der Waals surface area contributed by atoms with Gasteiger partial charge in [-0.2, -0.15) is 0 Å². The van der Waals surface area contributed by atoms with Crippen molar-refractivity contribution in [1.82, 2.24) is 5.32 Å². The van der Waals surface area contributed by atoms with Gasteiger partial charge in [0.25, 0.3) is 0 Å². The zero-order chi connectivity index (χ0) is 12.4. The Kier molecular flexibility index (Phi) is 3.43. The van der Waals surface area contributed by atoms with Crippen molar-refractivity contribution in [2.24, 2.45) is 0 Å². The number of nitrogens with one attached hydrogen (secondary N) is 1. The normalized spacial score (nSPS) is 15.2. The first-order chi connectivity index (χ1) is 8.08. The molecular weight excluding hydrogens is 242 g/mol. The molecule has 4 nitrogen and oxygen atoms in total. The second-order valence-corrected chi connectivity index (χ2v) is 4.35. The molecule has 1 N–H and O–H groups in total. The highest BCUT2D eigenvalue weighted by Gasteiger charge is 2.18. The van der Waals surface area contributed by atoms with Crippen LogP contribution in [-0.2, 0) is 4.79 Å². The number of ether oxygens (including phenoxy) is 2. The van der Waals surface area contributed by atoms with E-state index in [9.17, 15) is 4.79 Å². The highest BCUT2D eigenvalue weighted by Crippen LogP contribution is 2.37. The van der Waals surface area contributed by atoms with Crippen LogP contribution in [-0.4, -0.2) is 19.1 Å². The number of fused-ring (bicyclic) bond motifs is 1. The van der Waals surface area contributed by atoms with Crippen molar-refractivity contribution in [2.45, 2.75) is 19.9 Å². The monoisotopic (exact) mass is 255 g/mol. The average Bonchev–Trinajstić information content (AvgIpc) is 2.27. The maximum atomic E-state index is 11.0. The van der Waals surface area contributed by atoms with E-state index < -0.39 is 0 Å². The Labute approximate surface area is 105 Å². The van der Waals surface area contributed by atoms with Crippen molar-refractivity contribution in [3.63, 3.8) is 0 Å². The average molecular weight is 256 g/mol. The topological polar surface area (TPSA) is 47.6 Å². The SMILES string of the molecule is CC(=O)N[C@@H](C)c1cc2c(cc1Cl)OCCO2. The fourth-order valence-corrected chi connectivity index (χ4v) is 2.11. The molecular formula is C12H14ClNO3. The first-order valence-electron chi connectivity index (χ1n) is 5.44. The van der Waals surface area contributed by atoms with Gasteiger partial charge in [-0.05, 0) is 18.6 Å². The fraction of sp³-hybridized carbons (Fsp3) is 0.417. The zero-order valence-corrected chi connectivity index (χ0v) is 10.5. The number of amides is 1. The number of carbonyl (C=O) groups is 1. The van der Waals surface area contributed by atoms with Crippen molar-refractivity contribution in [2.75, 3.05) is 13.2 Å². The standard InChI is InChI=1S/C12H14ClNO3/c1-7(14-8(2)15)9-5-11-12(6-10(9)13)17-4-3-16-11/h5-7H,3-4H2,1-2H3,(H,14,15)/t7-/m0/s1. The summed E-state index contributed by atoms with van der Waals surface area (Å²) in [6, 6.07) is 3.39. The van der Waals surface area contributed by atoms with Gasteiger partial charge in [-0.1, -0.05) is 11.6 Å². The predicted molar refractivity (Wildman–Crippen MR) is 64.7 cm³/mol. The highest BCUT2D eigenvalue weighted by atomic mass is 35.5. The van der Waals surface area contributed by atoms with E-state index in [0.717, 1.165) is 5.56 Å². The summed E-state index contributed by atoms with van der Waals surface area (Å²) in [5.74, 6) is 1.23. The molecule has 0 bridgehead atoms. The zero-order valence-electron chi connectivity index (χ0n) is 9.75. The lowest BCUT2D eigenvalue weighted by Gasteiger charge is -2.22. The Bertz CT molecular complexity index is 448. The van der Waals surface area contributed by atoms with E-state index >= 15 is 0 Å². The van der Waals surface area contributed by atoms with Crippen LogP contribution in [0.15, 0.2) is 12.1 Å². The molecule has 0 aromatic heterocycles.